The molecule has 2 rings (SSSR count). The van der Waals surface area contributed by atoms with Gasteiger partial charge in [0, 0.05) is 20.1 Å². The molecule has 0 aromatic carbocycles. The molecule has 0 radical (unpaired) electrons. The molecule has 19 heavy (non-hydrogen) atoms. The SMILES string of the molecule is CCc1nc(N(CC)CC)sc1-c1nnc(NC)s1. The molecule has 0 aliphatic carbocycles. The number of aryl methyl sites for hydroxylation is 1. The highest BCUT2D eigenvalue weighted by Crippen LogP contribution is 2.37. The van der Waals surface area contributed by atoms with Gasteiger partial charge in [-0.2, -0.15) is 0 Å². The van der Waals surface area contributed by atoms with Crippen molar-refractivity contribution in [3.8, 4) is 9.88 Å². The average molecular weight is 297 g/mol. The van der Waals surface area contributed by atoms with Gasteiger partial charge in [-0.15, -0.1) is 10.2 Å². The van der Waals surface area contributed by atoms with Crippen molar-refractivity contribution in [2.24, 2.45) is 0 Å². The molecule has 0 fully saturated rings. The summed E-state index contributed by atoms with van der Waals surface area (Å²) in [5.41, 5.74) is 1.12. The zero-order valence-electron chi connectivity index (χ0n) is 11.7. The minimum absolute atomic E-state index is 0.842. The topological polar surface area (TPSA) is 53.9 Å². The van der Waals surface area contributed by atoms with Gasteiger partial charge >= 0.3 is 0 Å². The van der Waals surface area contributed by atoms with Crippen molar-refractivity contribution in [2.75, 3.05) is 30.4 Å². The summed E-state index contributed by atoms with van der Waals surface area (Å²) in [7, 11) is 1.86. The Kier molecular flexibility index (Phi) is 4.71. The van der Waals surface area contributed by atoms with E-state index in [1.807, 2.05) is 7.05 Å². The number of nitrogens with one attached hydrogen (secondary N) is 1. The fourth-order valence-electron chi connectivity index (χ4n) is 1.79. The molecule has 2 aromatic heterocycles. The lowest BCUT2D eigenvalue weighted by Gasteiger charge is -2.16. The minimum atomic E-state index is 0.842. The van der Waals surface area contributed by atoms with E-state index in [1.165, 1.54) is 0 Å². The summed E-state index contributed by atoms with van der Waals surface area (Å²) in [4.78, 5) is 8.17. The molecule has 0 aliphatic rings. The number of nitrogens with zero attached hydrogens (tertiary/aromatic N) is 4. The molecular weight excluding hydrogens is 278 g/mol. The molecule has 0 spiro atoms. The van der Waals surface area contributed by atoms with E-state index in [1.54, 1.807) is 22.7 Å². The number of rotatable bonds is 6. The third kappa shape index (κ3) is 2.87. The third-order valence-electron chi connectivity index (χ3n) is 2.89. The second-order valence-corrected chi connectivity index (χ2v) is 5.92. The highest BCUT2D eigenvalue weighted by molar-refractivity contribution is 7.25. The standard InChI is InChI=1S/C12H19N5S2/c1-5-8-9(10-15-16-11(13-4)19-10)18-12(14-8)17(6-2)7-3/h5-7H2,1-4H3,(H,13,16). The van der Waals surface area contributed by atoms with Crippen LogP contribution >= 0.6 is 22.7 Å². The Morgan fingerprint density at radius 3 is 2.37 bits per heavy atom. The Morgan fingerprint density at radius 1 is 1.11 bits per heavy atom. The summed E-state index contributed by atoms with van der Waals surface area (Å²) in [5.74, 6) is 0. The van der Waals surface area contributed by atoms with Gasteiger partial charge in [0.1, 0.15) is 0 Å². The van der Waals surface area contributed by atoms with Crippen molar-refractivity contribution < 1.29 is 0 Å². The first-order valence-electron chi connectivity index (χ1n) is 6.49. The van der Waals surface area contributed by atoms with Gasteiger partial charge in [-0.05, 0) is 20.3 Å². The highest BCUT2D eigenvalue weighted by Gasteiger charge is 2.18. The van der Waals surface area contributed by atoms with Crippen molar-refractivity contribution in [3.05, 3.63) is 5.69 Å². The zero-order valence-corrected chi connectivity index (χ0v) is 13.4. The van der Waals surface area contributed by atoms with Gasteiger partial charge in [0.05, 0.1) is 10.6 Å². The van der Waals surface area contributed by atoms with Crippen molar-refractivity contribution in [1.82, 2.24) is 15.2 Å². The van der Waals surface area contributed by atoms with Crippen LogP contribution in [0.4, 0.5) is 10.3 Å². The summed E-state index contributed by atoms with van der Waals surface area (Å²) >= 11 is 3.29. The summed E-state index contributed by atoms with van der Waals surface area (Å²) in [6, 6.07) is 0. The molecule has 0 amide bonds. The molecule has 2 heterocycles. The van der Waals surface area contributed by atoms with Crippen LogP contribution in [0.1, 0.15) is 26.5 Å². The number of thiazole rings is 1. The Labute approximate surface area is 121 Å². The summed E-state index contributed by atoms with van der Waals surface area (Å²) < 4.78 is 0. The van der Waals surface area contributed by atoms with Crippen molar-refractivity contribution in [1.29, 1.82) is 0 Å². The Bertz CT molecular complexity index is 530. The molecule has 0 atom stereocenters. The predicted molar refractivity (Wildman–Crippen MR) is 83.5 cm³/mol. The second-order valence-electron chi connectivity index (χ2n) is 3.96. The molecule has 0 saturated heterocycles. The van der Waals surface area contributed by atoms with E-state index in [-0.39, 0.29) is 0 Å². The van der Waals surface area contributed by atoms with Gasteiger partial charge in [-0.1, -0.05) is 29.6 Å². The van der Waals surface area contributed by atoms with E-state index in [2.05, 4.69) is 41.2 Å². The maximum atomic E-state index is 4.75. The Morgan fingerprint density at radius 2 is 1.84 bits per heavy atom. The van der Waals surface area contributed by atoms with Crippen LogP contribution < -0.4 is 10.2 Å². The Balaban J connectivity index is 2.39. The predicted octanol–water partition coefficient (Wildman–Crippen LogP) is 3.11. The van der Waals surface area contributed by atoms with Crippen LogP contribution in [0.25, 0.3) is 9.88 Å². The Hall–Kier alpha value is -1.21. The zero-order chi connectivity index (χ0) is 13.8. The summed E-state index contributed by atoms with van der Waals surface area (Å²) in [5, 5.41) is 14.3. The van der Waals surface area contributed by atoms with E-state index in [9.17, 15) is 0 Å². The van der Waals surface area contributed by atoms with Crippen LogP contribution in [-0.2, 0) is 6.42 Å². The van der Waals surface area contributed by atoms with E-state index >= 15 is 0 Å². The van der Waals surface area contributed by atoms with Crippen LogP contribution in [0.3, 0.4) is 0 Å². The smallest absolute Gasteiger partial charge is 0.205 e. The van der Waals surface area contributed by atoms with Gasteiger partial charge in [0.25, 0.3) is 0 Å². The lowest BCUT2D eigenvalue weighted by molar-refractivity contribution is 0.854. The normalized spacial score (nSPS) is 10.7. The second kappa shape index (κ2) is 6.29. The molecule has 5 nitrogen and oxygen atoms in total. The highest BCUT2D eigenvalue weighted by atomic mass is 32.1. The maximum absolute atomic E-state index is 4.75. The lowest BCUT2D eigenvalue weighted by atomic mass is 10.3. The molecule has 0 bridgehead atoms. The molecule has 0 unspecified atom stereocenters. The van der Waals surface area contributed by atoms with Crippen LogP contribution in [0.2, 0.25) is 0 Å². The molecule has 0 saturated carbocycles. The van der Waals surface area contributed by atoms with E-state index in [0.717, 1.165) is 45.4 Å². The van der Waals surface area contributed by atoms with Crippen LogP contribution in [0, 0.1) is 0 Å². The van der Waals surface area contributed by atoms with Crippen molar-refractivity contribution in [3.63, 3.8) is 0 Å². The molecule has 2 aromatic rings. The molecule has 0 aliphatic heterocycles. The van der Waals surface area contributed by atoms with E-state index < -0.39 is 0 Å². The third-order valence-corrected chi connectivity index (χ3v) is 5.14. The number of hydrogen-bond donors (Lipinski definition) is 1. The van der Waals surface area contributed by atoms with Gasteiger partial charge in [-0.3, -0.25) is 0 Å². The van der Waals surface area contributed by atoms with Crippen LogP contribution in [-0.4, -0.2) is 35.3 Å². The van der Waals surface area contributed by atoms with Gasteiger partial charge in [0.2, 0.25) is 5.13 Å². The van der Waals surface area contributed by atoms with E-state index in [4.69, 9.17) is 4.98 Å². The van der Waals surface area contributed by atoms with Crippen molar-refractivity contribution in [2.45, 2.75) is 27.2 Å². The first kappa shape index (κ1) is 14.2. The fourth-order valence-corrected chi connectivity index (χ4v) is 3.86. The quantitative estimate of drug-likeness (QED) is 0.888. The monoisotopic (exact) mass is 297 g/mol. The molecule has 1 N–H and O–H groups in total. The number of aromatic nitrogens is 3. The first-order valence-corrected chi connectivity index (χ1v) is 8.12. The maximum Gasteiger partial charge on any atom is 0.205 e. The number of hydrogen-bond acceptors (Lipinski definition) is 7. The van der Waals surface area contributed by atoms with Gasteiger partial charge in [-0.25, -0.2) is 4.98 Å². The largest absolute Gasteiger partial charge is 0.363 e. The fraction of sp³-hybridized carbons (Fsp3) is 0.583. The molecular formula is C12H19N5S2. The first-order chi connectivity index (χ1) is 9.23. The van der Waals surface area contributed by atoms with Crippen LogP contribution in [0.15, 0.2) is 0 Å². The van der Waals surface area contributed by atoms with Crippen molar-refractivity contribution >= 4 is 32.9 Å². The van der Waals surface area contributed by atoms with E-state index in [0.29, 0.717) is 0 Å². The average Bonchev–Trinajstić information content (AvgIpc) is 3.06. The summed E-state index contributed by atoms with van der Waals surface area (Å²) in [6.45, 7) is 8.39. The molecule has 104 valence electrons. The van der Waals surface area contributed by atoms with Gasteiger partial charge < -0.3 is 10.2 Å². The van der Waals surface area contributed by atoms with Gasteiger partial charge in [0.15, 0.2) is 10.1 Å². The minimum Gasteiger partial charge on any atom is -0.363 e. The van der Waals surface area contributed by atoms with Crippen LogP contribution in [0.5, 0.6) is 0 Å². The lowest BCUT2D eigenvalue weighted by Crippen LogP contribution is -2.21. The summed E-state index contributed by atoms with van der Waals surface area (Å²) in [6.07, 6.45) is 0.918. The number of anilines is 2. The molecule has 7 heteroatoms.